The highest BCUT2D eigenvalue weighted by molar-refractivity contribution is 6.74. The number of carbonyl (C=O) groups excluding carboxylic acids is 2. The van der Waals surface area contributed by atoms with Gasteiger partial charge in [0, 0.05) is 13.5 Å². The summed E-state index contributed by atoms with van der Waals surface area (Å²) in [5.41, 5.74) is 1.64. The van der Waals surface area contributed by atoms with Crippen LogP contribution in [-0.2, 0) is 18.8 Å². The van der Waals surface area contributed by atoms with Crippen molar-refractivity contribution in [2.24, 2.45) is 5.92 Å². The highest BCUT2D eigenvalue weighted by Gasteiger charge is 2.58. The van der Waals surface area contributed by atoms with Crippen LogP contribution in [0.25, 0.3) is 0 Å². The summed E-state index contributed by atoms with van der Waals surface area (Å²) in [7, 11) is -2.06. The minimum absolute atomic E-state index is 0.0179. The predicted molar refractivity (Wildman–Crippen MR) is 125 cm³/mol. The van der Waals surface area contributed by atoms with Gasteiger partial charge in [0.2, 0.25) is 11.8 Å². The molecule has 3 aliphatic heterocycles. The highest BCUT2D eigenvalue weighted by Crippen LogP contribution is 2.48. The van der Waals surface area contributed by atoms with Gasteiger partial charge in [-0.2, -0.15) is 0 Å². The lowest BCUT2D eigenvalue weighted by Gasteiger charge is -2.48. The minimum atomic E-state index is -2.06. The first kappa shape index (κ1) is 24.7. The quantitative estimate of drug-likeness (QED) is 0.477. The van der Waals surface area contributed by atoms with E-state index in [1.54, 1.807) is 6.92 Å². The number of fused-ring (bicyclic) bond motifs is 1. The number of rotatable bonds is 6. The van der Waals surface area contributed by atoms with E-state index < -0.39 is 14.3 Å². The Balaban J connectivity index is 1.83. The van der Waals surface area contributed by atoms with Crippen molar-refractivity contribution in [2.75, 3.05) is 6.54 Å². The zero-order valence-corrected chi connectivity index (χ0v) is 21.7. The lowest BCUT2D eigenvalue weighted by Crippen LogP contribution is -2.63. The van der Waals surface area contributed by atoms with Crippen molar-refractivity contribution in [1.29, 1.82) is 0 Å². The molecular formula is C24H38N2O5Si. The summed E-state index contributed by atoms with van der Waals surface area (Å²) in [5.74, 6) is -1.53. The second-order valence-electron chi connectivity index (χ2n) is 11.0. The van der Waals surface area contributed by atoms with Gasteiger partial charge in [0.05, 0.1) is 24.1 Å². The number of β-lactam (4-membered cyclic amide) rings is 1. The summed E-state index contributed by atoms with van der Waals surface area (Å²) in [6.07, 6.45) is 4.08. The molecule has 0 aromatic carbocycles. The van der Waals surface area contributed by atoms with Crippen LogP contribution in [-0.4, -0.2) is 65.7 Å². The maximum Gasteiger partial charge on any atom is 0.352 e. The van der Waals surface area contributed by atoms with E-state index >= 15 is 0 Å². The molecular weight excluding hydrogens is 424 g/mol. The van der Waals surface area contributed by atoms with Gasteiger partial charge in [-0.15, -0.1) is 0 Å². The van der Waals surface area contributed by atoms with Crippen LogP contribution >= 0.6 is 0 Å². The van der Waals surface area contributed by atoms with Crippen molar-refractivity contribution in [3.63, 3.8) is 0 Å². The second-order valence-corrected chi connectivity index (χ2v) is 15.7. The number of likely N-dealkylation sites (tertiary alicyclic amines) is 1. The van der Waals surface area contributed by atoms with Crippen LogP contribution in [0.2, 0.25) is 18.1 Å². The van der Waals surface area contributed by atoms with Gasteiger partial charge >= 0.3 is 5.97 Å². The van der Waals surface area contributed by atoms with Crippen LogP contribution < -0.4 is 0 Å². The van der Waals surface area contributed by atoms with Gasteiger partial charge < -0.3 is 19.3 Å². The van der Waals surface area contributed by atoms with Crippen molar-refractivity contribution in [3.8, 4) is 0 Å². The van der Waals surface area contributed by atoms with Crippen molar-refractivity contribution in [3.05, 3.63) is 22.9 Å². The monoisotopic (exact) mass is 462 g/mol. The molecule has 0 radical (unpaired) electrons. The van der Waals surface area contributed by atoms with Crippen molar-refractivity contribution < 1.29 is 23.9 Å². The second kappa shape index (κ2) is 8.45. The molecule has 0 saturated carbocycles. The number of carbonyl (C=O) groups is 3. The molecule has 3 heterocycles. The molecule has 2 amide bonds. The number of nitrogens with zero attached hydrogens (tertiary/aromatic N) is 2. The molecule has 32 heavy (non-hydrogen) atoms. The molecule has 0 bridgehead atoms. The van der Waals surface area contributed by atoms with Crippen LogP contribution in [0.3, 0.4) is 0 Å². The average molecular weight is 463 g/mol. The smallest absolute Gasteiger partial charge is 0.352 e. The summed E-state index contributed by atoms with van der Waals surface area (Å²) in [4.78, 5) is 40.4. The number of amides is 2. The number of carboxylic acids is 1. The third kappa shape index (κ3) is 4.19. The third-order valence-corrected chi connectivity index (χ3v) is 12.4. The van der Waals surface area contributed by atoms with E-state index in [-0.39, 0.29) is 46.7 Å². The Hall–Kier alpha value is -1.93. The lowest BCUT2D eigenvalue weighted by atomic mass is 9.82. The Morgan fingerprint density at radius 2 is 1.88 bits per heavy atom. The van der Waals surface area contributed by atoms with Gasteiger partial charge in [0.25, 0.3) is 0 Å². The number of carboxylic acid groups (broad SMARTS) is 1. The minimum Gasteiger partial charge on any atom is -0.477 e. The van der Waals surface area contributed by atoms with Crippen LogP contribution in [0.5, 0.6) is 0 Å². The normalized spacial score (nSPS) is 27.6. The molecule has 0 spiro atoms. The fraction of sp³-hybridized carbons (Fsp3) is 0.708. The number of hydrogen-bond donors (Lipinski definition) is 1. The summed E-state index contributed by atoms with van der Waals surface area (Å²) < 4.78 is 6.49. The van der Waals surface area contributed by atoms with Gasteiger partial charge in [-0.1, -0.05) is 26.8 Å². The summed E-state index contributed by atoms with van der Waals surface area (Å²) in [6, 6.07) is -0.199. The first-order valence-electron chi connectivity index (χ1n) is 11.6. The number of allylic oxidation sites excluding steroid dienone is 1. The van der Waals surface area contributed by atoms with Gasteiger partial charge in [0.1, 0.15) is 5.70 Å². The largest absolute Gasteiger partial charge is 0.477 e. The van der Waals surface area contributed by atoms with Gasteiger partial charge in [-0.3, -0.25) is 9.59 Å². The van der Waals surface area contributed by atoms with Crippen molar-refractivity contribution in [1.82, 2.24) is 9.80 Å². The lowest BCUT2D eigenvalue weighted by molar-refractivity contribution is -0.160. The average Bonchev–Trinajstić information content (AvgIpc) is 3.22. The van der Waals surface area contributed by atoms with E-state index in [1.807, 2.05) is 24.8 Å². The molecule has 8 heteroatoms. The molecule has 0 aliphatic carbocycles. The molecule has 0 unspecified atom stereocenters. The number of aliphatic carboxylic acids is 1. The molecule has 7 nitrogen and oxygen atoms in total. The van der Waals surface area contributed by atoms with Crippen LogP contribution in [0.4, 0.5) is 0 Å². The van der Waals surface area contributed by atoms with E-state index in [2.05, 4.69) is 33.9 Å². The summed E-state index contributed by atoms with van der Waals surface area (Å²) >= 11 is 0. The van der Waals surface area contributed by atoms with Crippen molar-refractivity contribution in [2.45, 2.75) is 97.1 Å². The first-order valence-corrected chi connectivity index (χ1v) is 14.5. The molecule has 3 rings (SSSR count). The van der Waals surface area contributed by atoms with Gasteiger partial charge in [-0.25, -0.2) is 4.79 Å². The zero-order chi connectivity index (χ0) is 24.2. The highest BCUT2D eigenvalue weighted by atomic mass is 28.4. The van der Waals surface area contributed by atoms with E-state index in [0.29, 0.717) is 12.0 Å². The van der Waals surface area contributed by atoms with Crippen LogP contribution in [0.15, 0.2) is 22.9 Å². The fourth-order valence-corrected chi connectivity index (χ4v) is 6.50. The molecule has 178 valence electrons. The molecule has 4 atom stereocenters. The van der Waals surface area contributed by atoms with E-state index in [1.165, 1.54) is 4.90 Å². The van der Waals surface area contributed by atoms with Crippen molar-refractivity contribution >= 4 is 26.1 Å². The molecule has 0 aromatic rings. The Morgan fingerprint density at radius 1 is 1.25 bits per heavy atom. The maximum absolute atomic E-state index is 13.1. The Morgan fingerprint density at radius 3 is 2.41 bits per heavy atom. The Kier molecular flexibility index (Phi) is 6.52. The Bertz CT molecular complexity index is 885. The molecule has 1 N–H and O–H groups in total. The molecule has 0 aromatic heterocycles. The molecule has 3 aliphatic rings. The van der Waals surface area contributed by atoms with Crippen LogP contribution in [0, 0.1) is 5.92 Å². The van der Waals surface area contributed by atoms with E-state index in [9.17, 15) is 19.5 Å². The van der Waals surface area contributed by atoms with Crippen LogP contribution in [0.1, 0.15) is 60.8 Å². The zero-order valence-electron chi connectivity index (χ0n) is 20.7. The molecule has 2 fully saturated rings. The summed E-state index contributed by atoms with van der Waals surface area (Å²) in [6.45, 7) is 17.0. The van der Waals surface area contributed by atoms with E-state index in [4.69, 9.17) is 4.43 Å². The predicted octanol–water partition coefficient (Wildman–Crippen LogP) is 3.92. The fourth-order valence-electron chi connectivity index (χ4n) is 5.07. The Labute approximate surface area is 192 Å². The maximum atomic E-state index is 13.1. The first-order chi connectivity index (χ1) is 14.7. The van der Waals surface area contributed by atoms with Gasteiger partial charge in [-0.05, 0) is 62.4 Å². The standard InChI is InChI=1S/C24H38N2O5Si/c1-14(12-17-10-9-11-25(17)16(3)27)18-13-19-20(22(28)26(19)21(18)23(29)30)15(2)31-32(7,8)24(4,5)6/h12,15,17,19-20H,9-11,13H2,1-8H3,(H,29,30)/t15-,17+,19-,20-/m1/s1. The van der Waals surface area contributed by atoms with E-state index in [0.717, 1.165) is 25.0 Å². The third-order valence-electron chi connectivity index (χ3n) is 7.83. The summed E-state index contributed by atoms with van der Waals surface area (Å²) in [5, 5.41) is 9.95. The number of hydrogen-bond acceptors (Lipinski definition) is 4. The SMILES string of the molecule is CC(=O)N1CCC[C@H]1C=C(C)C1=C(C(=O)O)N2C(=O)[C@H]([C@@H](C)O[Si](C)(C)C(C)(C)C)[C@H]2C1. The molecule has 2 saturated heterocycles. The van der Waals surface area contributed by atoms with Gasteiger partial charge in [0.15, 0.2) is 8.32 Å². The topological polar surface area (TPSA) is 87.2 Å².